The average molecular weight is 355 g/mol. The maximum absolute atomic E-state index is 12.3. The molecule has 0 aliphatic carbocycles. The SMILES string of the molecule is CCn1c(SCC(=O)c2ccc(O)cc2O)nnc1-c1ccccc1. The van der Waals surface area contributed by atoms with E-state index in [0.29, 0.717) is 11.7 Å². The van der Waals surface area contributed by atoms with Gasteiger partial charge in [-0.15, -0.1) is 10.2 Å². The predicted molar refractivity (Wildman–Crippen MR) is 96.0 cm³/mol. The summed E-state index contributed by atoms with van der Waals surface area (Å²) in [6, 6.07) is 13.7. The number of phenolic OH excluding ortho intramolecular Hbond substituents is 2. The number of carbonyl (C=O) groups excluding carboxylic acids is 1. The molecule has 0 amide bonds. The van der Waals surface area contributed by atoms with Gasteiger partial charge in [-0.3, -0.25) is 4.79 Å². The first-order valence-corrected chi connectivity index (χ1v) is 8.75. The van der Waals surface area contributed by atoms with Crippen LogP contribution >= 0.6 is 11.8 Å². The maximum atomic E-state index is 12.3. The van der Waals surface area contributed by atoms with Crippen molar-refractivity contribution < 1.29 is 15.0 Å². The molecule has 7 heteroatoms. The Labute approximate surface area is 149 Å². The smallest absolute Gasteiger partial charge is 0.191 e. The van der Waals surface area contributed by atoms with Crippen LogP contribution < -0.4 is 0 Å². The molecule has 0 fully saturated rings. The number of aromatic nitrogens is 3. The summed E-state index contributed by atoms with van der Waals surface area (Å²) in [6.07, 6.45) is 0. The lowest BCUT2D eigenvalue weighted by Crippen LogP contribution is -2.05. The number of rotatable bonds is 6. The second kappa shape index (κ2) is 7.40. The molecule has 128 valence electrons. The number of ketones is 1. The lowest BCUT2D eigenvalue weighted by atomic mass is 10.1. The highest BCUT2D eigenvalue weighted by Crippen LogP contribution is 2.27. The van der Waals surface area contributed by atoms with Crippen molar-refractivity contribution in [3.8, 4) is 22.9 Å². The Hall–Kier alpha value is -2.80. The van der Waals surface area contributed by atoms with Crippen LogP contribution in [0.2, 0.25) is 0 Å². The number of nitrogens with zero attached hydrogens (tertiary/aromatic N) is 3. The van der Waals surface area contributed by atoms with Crippen molar-refractivity contribution in [2.45, 2.75) is 18.6 Å². The minimum Gasteiger partial charge on any atom is -0.508 e. The highest BCUT2D eigenvalue weighted by Gasteiger charge is 2.17. The summed E-state index contributed by atoms with van der Waals surface area (Å²) in [5, 5.41) is 28.2. The Morgan fingerprint density at radius 3 is 2.56 bits per heavy atom. The highest BCUT2D eigenvalue weighted by molar-refractivity contribution is 7.99. The fraction of sp³-hybridized carbons (Fsp3) is 0.167. The number of benzene rings is 2. The molecule has 0 unspecified atom stereocenters. The number of aromatic hydroxyl groups is 2. The topological polar surface area (TPSA) is 88.2 Å². The van der Waals surface area contributed by atoms with Crippen molar-refractivity contribution in [1.82, 2.24) is 14.8 Å². The lowest BCUT2D eigenvalue weighted by Gasteiger charge is -2.07. The Morgan fingerprint density at radius 2 is 1.88 bits per heavy atom. The van der Waals surface area contributed by atoms with Crippen LogP contribution in [0.1, 0.15) is 17.3 Å². The second-order valence-corrected chi connectivity index (χ2v) is 6.27. The van der Waals surface area contributed by atoms with Gasteiger partial charge in [0, 0.05) is 18.2 Å². The quantitative estimate of drug-likeness (QED) is 0.521. The first kappa shape index (κ1) is 17.0. The summed E-state index contributed by atoms with van der Waals surface area (Å²) in [4.78, 5) is 12.3. The molecular formula is C18H17N3O3S. The van der Waals surface area contributed by atoms with E-state index in [1.54, 1.807) is 0 Å². The molecule has 0 radical (unpaired) electrons. The molecule has 0 aliphatic heterocycles. The molecule has 0 atom stereocenters. The van der Waals surface area contributed by atoms with Crippen LogP contribution in [0.25, 0.3) is 11.4 Å². The third-order valence-electron chi connectivity index (χ3n) is 3.68. The van der Waals surface area contributed by atoms with Gasteiger partial charge >= 0.3 is 0 Å². The van der Waals surface area contributed by atoms with Crippen molar-refractivity contribution in [1.29, 1.82) is 0 Å². The van der Waals surface area contributed by atoms with E-state index in [4.69, 9.17) is 0 Å². The van der Waals surface area contributed by atoms with E-state index in [0.717, 1.165) is 17.5 Å². The van der Waals surface area contributed by atoms with Crippen LogP contribution in [-0.2, 0) is 6.54 Å². The molecule has 0 bridgehead atoms. The molecule has 0 aliphatic rings. The van der Waals surface area contributed by atoms with Crippen LogP contribution in [0.4, 0.5) is 0 Å². The third-order valence-corrected chi connectivity index (χ3v) is 4.65. The second-order valence-electron chi connectivity index (χ2n) is 5.33. The molecule has 1 heterocycles. The monoisotopic (exact) mass is 355 g/mol. The number of hydrogen-bond donors (Lipinski definition) is 2. The zero-order chi connectivity index (χ0) is 17.8. The molecule has 25 heavy (non-hydrogen) atoms. The summed E-state index contributed by atoms with van der Waals surface area (Å²) < 4.78 is 1.95. The third kappa shape index (κ3) is 3.66. The molecule has 0 saturated heterocycles. The van der Waals surface area contributed by atoms with Crippen LogP contribution in [0.15, 0.2) is 53.7 Å². The number of thioether (sulfide) groups is 1. The normalized spacial score (nSPS) is 10.8. The average Bonchev–Trinajstić information content (AvgIpc) is 3.03. The van der Waals surface area contributed by atoms with E-state index in [-0.39, 0.29) is 28.6 Å². The van der Waals surface area contributed by atoms with Gasteiger partial charge in [0.1, 0.15) is 11.5 Å². The van der Waals surface area contributed by atoms with Crippen LogP contribution in [0.3, 0.4) is 0 Å². The van der Waals surface area contributed by atoms with E-state index in [1.165, 1.54) is 23.9 Å². The molecule has 2 aromatic carbocycles. The van der Waals surface area contributed by atoms with Crippen molar-refractivity contribution in [2.24, 2.45) is 0 Å². The van der Waals surface area contributed by atoms with Gasteiger partial charge in [0.15, 0.2) is 16.8 Å². The number of carbonyl (C=O) groups is 1. The Bertz CT molecular complexity index is 894. The van der Waals surface area contributed by atoms with Crippen molar-refractivity contribution in [2.75, 3.05) is 5.75 Å². The van der Waals surface area contributed by atoms with Gasteiger partial charge in [-0.25, -0.2) is 0 Å². The lowest BCUT2D eigenvalue weighted by molar-refractivity contribution is 0.102. The van der Waals surface area contributed by atoms with E-state index >= 15 is 0 Å². The predicted octanol–water partition coefficient (Wildman–Crippen LogP) is 3.35. The molecule has 0 spiro atoms. The number of phenols is 2. The minimum absolute atomic E-state index is 0.0834. The Balaban J connectivity index is 1.77. The standard InChI is InChI=1S/C18H17N3O3S/c1-2-21-17(12-6-4-3-5-7-12)19-20-18(21)25-11-16(24)14-9-8-13(22)10-15(14)23/h3-10,22-23H,2,11H2,1H3. The zero-order valence-corrected chi connectivity index (χ0v) is 14.4. The summed E-state index contributed by atoms with van der Waals surface area (Å²) in [5.74, 6) is 0.318. The van der Waals surface area contributed by atoms with Crippen molar-refractivity contribution in [3.63, 3.8) is 0 Å². The van der Waals surface area contributed by atoms with Crippen molar-refractivity contribution >= 4 is 17.5 Å². The fourth-order valence-electron chi connectivity index (χ4n) is 2.44. The van der Waals surface area contributed by atoms with Gasteiger partial charge < -0.3 is 14.8 Å². The zero-order valence-electron chi connectivity index (χ0n) is 13.6. The Kier molecular flexibility index (Phi) is 5.04. The van der Waals surface area contributed by atoms with E-state index < -0.39 is 0 Å². The van der Waals surface area contributed by atoms with E-state index in [9.17, 15) is 15.0 Å². The van der Waals surface area contributed by atoms with Gasteiger partial charge in [0.25, 0.3) is 0 Å². The largest absolute Gasteiger partial charge is 0.508 e. The Morgan fingerprint density at radius 1 is 1.12 bits per heavy atom. The molecule has 3 rings (SSSR count). The van der Waals surface area contributed by atoms with Gasteiger partial charge in [-0.2, -0.15) is 0 Å². The molecule has 3 aromatic rings. The van der Waals surface area contributed by atoms with E-state index in [2.05, 4.69) is 10.2 Å². The summed E-state index contributed by atoms with van der Waals surface area (Å²) >= 11 is 1.27. The summed E-state index contributed by atoms with van der Waals surface area (Å²) in [5.41, 5.74) is 1.14. The summed E-state index contributed by atoms with van der Waals surface area (Å²) in [7, 11) is 0. The minimum atomic E-state index is -0.241. The van der Waals surface area contributed by atoms with Crippen LogP contribution in [0, 0.1) is 0 Å². The van der Waals surface area contributed by atoms with Gasteiger partial charge in [0.2, 0.25) is 0 Å². The van der Waals surface area contributed by atoms with Crippen LogP contribution in [-0.4, -0.2) is 36.5 Å². The molecular weight excluding hydrogens is 338 g/mol. The van der Waals surface area contributed by atoms with Crippen LogP contribution in [0.5, 0.6) is 11.5 Å². The van der Waals surface area contributed by atoms with E-state index in [1.807, 2.05) is 41.8 Å². The van der Waals surface area contributed by atoms with Gasteiger partial charge in [-0.05, 0) is 19.1 Å². The number of hydrogen-bond acceptors (Lipinski definition) is 6. The molecule has 2 N–H and O–H groups in total. The molecule has 6 nitrogen and oxygen atoms in total. The highest BCUT2D eigenvalue weighted by atomic mass is 32.2. The molecule has 1 aromatic heterocycles. The molecule has 0 saturated carbocycles. The van der Waals surface area contributed by atoms with Gasteiger partial charge in [-0.1, -0.05) is 42.1 Å². The summed E-state index contributed by atoms with van der Waals surface area (Å²) in [6.45, 7) is 2.67. The first-order chi connectivity index (χ1) is 12.1. The maximum Gasteiger partial charge on any atom is 0.191 e. The van der Waals surface area contributed by atoms with Crippen molar-refractivity contribution in [3.05, 3.63) is 54.1 Å². The first-order valence-electron chi connectivity index (χ1n) is 7.76. The van der Waals surface area contributed by atoms with Gasteiger partial charge in [0.05, 0.1) is 11.3 Å². The fourth-order valence-corrected chi connectivity index (χ4v) is 3.33. The number of Topliss-reactive ketones (excluding diaryl/α,β-unsaturated/α-hetero) is 1.